The molecule has 0 spiro atoms. The van der Waals surface area contributed by atoms with Crippen LogP contribution in [0, 0.1) is 10.1 Å². The molecular formula is C17H12ClKN4O3S2. The first-order valence-electron chi connectivity index (χ1n) is 7.69. The van der Waals surface area contributed by atoms with Crippen molar-refractivity contribution in [2.24, 2.45) is 9.98 Å². The number of halogens is 1. The Morgan fingerprint density at radius 1 is 1.25 bits per heavy atom. The molecular weight excluding hydrogens is 447 g/mol. The fourth-order valence-electron chi connectivity index (χ4n) is 2.53. The molecule has 0 aromatic heterocycles. The van der Waals surface area contributed by atoms with Gasteiger partial charge in [-0.05, 0) is 30.3 Å². The van der Waals surface area contributed by atoms with E-state index in [1.165, 1.54) is 35.9 Å². The van der Waals surface area contributed by atoms with Crippen LogP contribution >= 0.6 is 35.1 Å². The van der Waals surface area contributed by atoms with Crippen molar-refractivity contribution in [3.05, 3.63) is 75.1 Å². The van der Waals surface area contributed by atoms with Crippen LogP contribution in [0.4, 0.5) is 5.69 Å². The zero-order valence-electron chi connectivity index (χ0n) is 13.5. The minimum atomic E-state index is -0.407. The van der Waals surface area contributed by atoms with Crippen LogP contribution in [0.2, 0.25) is 5.02 Å². The number of nitro groups is 1. The summed E-state index contributed by atoms with van der Waals surface area (Å²) >= 11 is 8.49. The molecule has 2 aliphatic heterocycles. The summed E-state index contributed by atoms with van der Waals surface area (Å²) in [6, 6.07) is 12.1. The van der Waals surface area contributed by atoms with Crippen molar-refractivity contribution in [1.29, 1.82) is 0 Å². The van der Waals surface area contributed by atoms with Crippen LogP contribution in [0.15, 0.2) is 74.1 Å². The normalized spacial score (nSPS) is 17.5. The molecule has 1 N–H and O–H groups in total. The number of nitrogens with zero attached hydrogens (tertiary/aromatic N) is 4. The van der Waals surface area contributed by atoms with Crippen molar-refractivity contribution in [2.45, 2.75) is 15.2 Å². The SMILES string of the molecule is O=[N+]([O-])c1cc(C2=NC3=CN=CN(O)C3S2)ccc1Sc1ccc(Cl)cc1.[KH]. The molecule has 0 aliphatic carbocycles. The van der Waals surface area contributed by atoms with Crippen LogP contribution in [-0.2, 0) is 0 Å². The third kappa shape index (κ3) is 4.72. The van der Waals surface area contributed by atoms with E-state index in [1.807, 2.05) is 12.1 Å². The van der Waals surface area contributed by atoms with Gasteiger partial charge < -0.3 is 0 Å². The van der Waals surface area contributed by atoms with E-state index in [2.05, 4.69) is 9.98 Å². The van der Waals surface area contributed by atoms with E-state index in [9.17, 15) is 15.3 Å². The molecule has 2 aromatic carbocycles. The quantitative estimate of drug-likeness (QED) is 0.420. The molecule has 2 aliphatic rings. The van der Waals surface area contributed by atoms with Crippen molar-refractivity contribution >= 4 is 104 Å². The van der Waals surface area contributed by atoms with E-state index in [-0.39, 0.29) is 62.4 Å². The van der Waals surface area contributed by atoms with E-state index < -0.39 is 4.92 Å². The van der Waals surface area contributed by atoms with Gasteiger partial charge in [0.05, 0.1) is 21.7 Å². The fourth-order valence-corrected chi connectivity index (χ4v) is 4.58. The first kappa shape index (κ1) is 22.0. The summed E-state index contributed by atoms with van der Waals surface area (Å²) in [6.45, 7) is 0. The number of fused-ring (bicyclic) bond motifs is 1. The van der Waals surface area contributed by atoms with Crippen LogP contribution < -0.4 is 0 Å². The zero-order chi connectivity index (χ0) is 19.0. The molecule has 7 nitrogen and oxygen atoms in total. The maximum absolute atomic E-state index is 11.6. The molecule has 0 radical (unpaired) electrons. The molecule has 4 rings (SSSR count). The van der Waals surface area contributed by atoms with Crippen LogP contribution in [0.25, 0.3) is 0 Å². The monoisotopic (exact) mass is 458 g/mol. The number of rotatable bonds is 4. The second kappa shape index (κ2) is 9.41. The van der Waals surface area contributed by atoms with Gasteiger partial charge in [-0.2, -0.15) is 0 Å². The second-order valence-electron chi connectivity index (χ2n) is 5.58. The van der Waals surface area contributed by atoms with E-state index in [1.54, 1.807) is 30.5 Å². The van der Waals surface area contributed by atoms with Crippen molar-refractivity contribution in [1.82, 2.24) is 5.06 Å². The van der Waals surface area contributed by atoms with Gasteiger partial charge in [0.1, 0.15) is 11.4 Å². The molecule has 0 saturated carbocycles. The Morgan fingerprint density at radius 3 is 2.68 bits per heavy atom. The van der Waals surface area contributed by atoms with Crippen LogP contribution in [0.5, 0.6) is 0 Å². The average molecular weight is 459 g/mol. The van der Waals surface area contributed by atoms with Gasteiger partial charge in [0.25, 0.3) is 5.69 Å². The summed E-state index contributed by atoms with van der Waals surface area (Å²) in [5, 5.41) is 23.2. The van der Waals surface area contributed by atoms with Crippen LogP contribution in [-0.4, -0.2) is 83.3 Å². The summed E-state index contributed by atoms with van der Waals surface area (Å²) in [4.78, 5) is 20.9. The molecule has 2 heterocycles. The number of aliphatic imine (C=N–C) groups is 2. The van der Waals surface area contributed by atoms with Crippen molar-refractivity contribution in [2.75, 3.05) is 0 Å². The van der Waals surface area contributed by atoms with E-state index >= 15 is 0 Å². The predicted octanol–water partition coefficient (Wildman–Crippen LogP) is 4.14. The molecule has 138 valence electrons. The number of nitro benzene ring substituents is 1. The fraction of sp³-hybridized carbons (Fsp3) is 0.0588. The van der Waals surface area contributed by atoms with Gasteiger partial charge in [0.15, 0.2) is 5.37 Å². The summed E-state index contributed by atoms with van der Waals surface area (Å²) in [6.07, 6.45) is 2.87. The van der Waals surface area contributed by atoms with Gasteiger partial charge >= 0.3 is 51.4 Å². The molecule has 0 amide bonds. The molecule has 1 unspecified atom stereocenters. The Hall–Kier alpha value is -0.694. The minimum absolute atomic E-state index is 0. The number of hydrogen-bond donors (Lipinski definition) is 1. The molecule has 0 saturated heterocycles. The summed E-state index contributed by atoms with van der Waals surface area (Å²) in [7, 11) is 0. The molecule has 0 fully saturated rings. The molecule has 28 heavy (non-hydrogen) atoms. The first-order chi connectivity index (χ1) is 13.0. The predicted molar refractivity (Wildman–Crippen MR) is 114 cm³/mol. The average Bonchev–Trinajstić information content (AvgIpc) is 3.09. The summed E-state index contributed by atoms with van der Waals surface area (Å²) in [5.74, 6) is 0. The molecule has 11 heteroatoms. The molecule has 0 bridgehead atoms. The van der Waals surface area contributed by atoms with E-state index in [4.69, 9.17) is 11.6 Å². The van der Waals surface area contributed by atoms with Crippen molar-refractivity contribution < 1.29 is 10.1 Å². The van der Waals surface area contributed by atoms with E-state index in [0.717, 1.165) is 9.96 Å². The third-order valence-electron chi connectivity index (χ3n) is 3.78. The van der Waals surface area contributed by atoms with Crippen molar-refractivity contribution in [3.8, 4) is 0 Å². The number of hydroxylamine groups is 2. The second-order valence-corrected chi connectivity index (χ2v) is 8.20. The van der Waals surface area contributed by atoms with E-state index in [0.29, 0.717) is 26.2 Å². The number of hydrogen-bond acceptors (Lipinski definition) is 8. The Morgan fingerprint density at radius 2 is 2.00 bits per heavy atom. The number of thioether (sulfide) groups is 1. The Kier molecular flexibility index (Phi) is 7.40. The molecule has 2 aromatic rings. The van der Waals surface area contributed by atoms with Crippen LogP contribution in [0.3, 0.4) is 0 Å². The Bertz CT molecular complexity index is 1010. The topological polar surface area (TPSA) is 91.3 Å². The van der Waals surface area contributed by atoms with Gasteiger partial charge in [-0.3, -0.25) is 15.3 Å². The van der Waals surface area contributed by atoms with Crippen LogP contribution in [0.1, 0.15) is 5.56 Å². The van der Waals surface area contributed by atoms with Gasteiger partial charge in [-0.1, -0.05) is 41.2 Å². The van der Waals surface area contributed by atoms with Gasteiger partial charge in [0, 0.05) is 21.5 Å². The van der Waals surface area contributed by atoms with Gasteiger partial charge in [-0.15, -0.1) is 0 Å². The standard InChI is InChI=1S/C17H11ClN4O3S2.K.H/c18-11-2-4-12(5-3-11)26-15-6-1-10(7-14(15)22(24)25)16-20-13-8-19-9-21(23)17(13)27-16;;/h1-9,17,23H;;. The summed E-state index contributed by atoms with van der Waals surface area (Å²) < 4.78 is 0. The maximum atomic E-state index is 11.6. The molecule has 1 atom stereocenters. The van der Waals surface area contributed by atoms with Gasteiger partial charge in [-0.25, -0.2) is 15.0 Å². The Balaban J connectivity index is 0.00000225. The van der Waals surface area contributed by atoms with Crippen molar-refractivity contribution in [3.63, 3.8) is 0 Å². The number of benzene rings is 2. The first-order valence-corrected chi connectivity index (χ1v) is 9.77. The Labute approximate surface area is 216 Å². The van der Waals surface area contributed by atoms with Gasteiger partial charge in [0.2, 0.25) is 0 Å². The summed E-state index contributed by atoms with van der Waals surface area (Å²) in [5.41, 5.74) is 1.22. The third-order valence-corrected chi connectivity index (χ3v) is 6.34. The zero-order valence-corrected chi connectivity index (χ0v) is 15.9.